The normalized spacial score (nSPS) is 20.3. The van der Waals surface area contributed by atoms with Gasteiger partial charge in [-0.1, -0.05) is 28.1 Å². The first kappa shape index (κ1) is 14.0. The molecule has 0 aromatic heterocycles. The molecule has 4 heteroatoms. The van der Waals surface area contributed by atoms with Crippen LogP contribution in [0, 0.1) is 0 Å². The zero-order valence-electron chi connectivity index (χ0n) is 10.9. The van der Waals surface area contributed by atoms with E-state index < -0.39 is 0 Å². The summed E-state index contributed by atoms with van der Waals surface area (Å²) in [5.74, 6) is 0. The molecule has 0 radical (unpaired) electrons. The molecule has 2 rings (SSSR count). The summed E-state index contributed by atoms with van der Waals surface area (Å²) in [7, 11) is 2.17. The van der Waals surface area contributed by atoms with Crippen molar-refractivity contribution in [3.8, 4) is 0 Å². The summed E-state index contributed by atoms with van der Waals surface area (Å²) < 4.78 is 6.62. The minimum absolute atomic E-state index is 0.478. The van der Waals surface area contributed by atoms with Crippen LogP contribution in [0.25, 0.3) is 0 Å². The highest BCUT2D eigenvalue weighted by molar-refractivity contribution is 9.10. The van der Waals surface area contributed by atoms with Gasteiger partial charge in [0.15, 0.2) is 0 Å². The van der Waals surface area contributed by atoms with Gasteiger partial charge in [0, 0.05) is 30.1 Å². The van der Waals surface area contributed by atoms with Crippen LogP contribution in [0.2, 0.25) is 0 Å². The van der Waals surface area contributed by atoms with E-state index in [4.69, 9.17) is 4.74 Å². The minimum atomic E-state index is 0.478. The van der Waals surface area contributed by atoms with Crippen molar-refractivity contribution < 1.29 is 4.74 Å². The number of nitrogens with one attached hydrogen (secondary N) is 1. The summed E-state index contributed by atoms with van der Waals surface area (Å²) in [6.45, 7) is 4.78. The fraction of sp³-hybridized carbons (Fsp3) is 0.571. The molecule has 1 aliphatic heterocycles. The first-order valence-electron chi connectivity index (χ1n) is 6.48. The Balaban J connectivity index is 1.72. The highest BCUT2D eigenvalue weighted by Gasteiger charge is 2.14. The molecule has 1 aromatic rings. The van der Waals surface area contributed by atoms with Crippen LogP contribution in [0.15, 0.2) is 28.7 Å². The lowest BCUT2D eigenvalue weighted by Gasteiger charge is -2.28. The third-order valence-electron chi connectivity index (χ3n) is 3.20. The van der Waals surface area contributed by atoms with Crippen molar-refractivity contribution in [3.05, 3.63) is 34.3 Å². The average Bonchev–Trinajstić information content (AvgIpc) is 2.38. The SMILES string of the molecule is CN(CCc1cccc(Br)c1)CC1COCCN1. The molecule has 3 nitrogen and oxygen atoms in total. The number of benzene rings is 1. The van der Waals surface area contributed by atoms with E-state index in [1.54, 1.807) is 0 Å². The van der Waals surface area contributed by atoms with Crippen molar-refractivity contribution in [2.45, 2.75) is 12.5 Å². The van der Waals surface area contributed by atoms with Crippen molar-refractivity contribution in [3.63, 3.8) is 0 Å². The third kappa shape index (κ3) is 4.69. The lowest BCUT2D eigenvalue weighted by molar-refractivity contribution is 0.0655. The molecule has 1 heterocycles. The van der Waals surface area contributed by atoms with Crippen molar-refractivity contribution in [2.75, 3.05) is 39.9 Å². The number of hydrogen-bond donors (Lipinski definition) is 1. The molecule has 0 aliphatic carbocycles. The van der Waals surface area contributed by atoms with Crippen LogP contribution in [0.3, 0.4) is 0 Å². The van der Waals surface area contributed by atoms with Gasteiger partial charge < -0.3 is 15.0 Å². The van der Waals surface area contributed by atoms with Gasteiger partial charge in [-0.3, -0.25) is 0 Å². The summed E-state index contributed by atoms with van der Waals surface area (Å²) in [6, 6.07) is 9.01. The van der Waals surface area contributed by atoms with Crippen molar-refractivity contribution in [2.24, 2.45) is 0 Å². The molecule has 1 aliphatic rings. The Morgan fingerprint density at radius 3 is 3.11 bits per heavy atom. The van der Waals surface area contributed by atoms with E-state index in [2.05, 4.69) is 57.5 Å². The molecular weight excluding hydrogens is 292 g/mol. The highest BCUT2D eigenvalue weighted by Crippen LogP contribution is 2.12. The number of nitrogens with zero attached hydrogens (tertiary/aromatic N) is 1. The van der Waals surface area contributed by atoms with E-state index in [0.29, 0.717) is 6.04 Å². The van der Waals surface area contributed by atoms with Crippen molar-refractivity contribution >= 4 is 15.9 Å². The summed E-state index contributed by atoms with van der Waals surface area (Å²) in [4.78, 5) is 2.37. The molecule has 100 valence electrons. The van der Waals surface area contributed by atoms with E-state index in [-0.39, 0.29) is 0 Å². The van der Waals surface area contributed by atoms with Gasteiger partial charge in [-0.15, -0.1) is 0 Å². The van der Waals surface area contributed by atoms with E-state index in [1.165, 1.54) is 5.56 Å². The number of morpholine rings is 1. The molecule has 1 atom stereocenters. The van der Waals surface area contributed by atoms with Crippen LogP contribution in [-0.4, -0.2) is 50.8 Å². The third-order valence-corrected chi connectivity index (χ3v) is 3.69. The van der Waals surface area contributed by atoms with Crippen molar-refractivity contribution in [1.29, 1.82) is 0 Å². The molecular formula is C14H21BrN2O. The Kier molecular flexibility index (Phi) is 5.63. The number of halogens is 1. The van der Waals surface area contributed by atoms with Gasteiger partial charge in [0.1, 0.15) is 0 Å². The number of likely N-dealkylation sites (N-methyl/N-ethyl adjacent to an activating group) is 1. The van der Waals surface area contributed by atoms with Gasteiger partial charge in [-0.2, -0.15) is 0 Å². The van der Waals surface area contributed by atoms with Crippen LogP contribution in [0.4, 0.5) is 0 Å². The van der Waals surface area contributed by atoms with Crippen LogP contribution < -0.4 is 5.32 Å². The largest absolute Gasteiger partial charge is 0.378 e. The molecule has 0 bridgehead atoms. The predicted molar refractivity (Wildman–Crippen MR) is 78.0 cm³/mol. The molecule has 1 N–H and O–H groups in total. The van der Waals surface area contributed by atoms with Gasteiger partial charge in [0.2, 0.25) is 0 Å². The molecule has 18 heavy (non-hydrogen) atoms. The average molecular weight is 313 g/mol. The lowest BCUT2D eigenvalue weighted by atomic mass is 10.1. The van der Waals surface area contributed by atoms with E-state index >= 15 is 0 Å². The second-order valence-electron chi connectivity index (χ2n) is 4.87. The zero-order valence-corrected chi connectivity index (χ0v) is 12.4. The number of rotatable bonds is 5. The minimum Gasteiger partial charge on any atom is -0.378 e. The summed E-state index contributed by atoms with van der Waals surface area (Å²) >= 11 is 3.51. The molecule has 1 saturated heterocycles. The first-order chi connectivity index (χ1) is 8.74. The first-order valence-corrected chi connectivity index (χ1v) is 7.27. The van der Waals surface area contributed by atoms with Gasteiger partial charge in [0.05, 0.1) is 13.2 Å². The maximum atomic E-state index is 5.47. The van der Waals surface area contributed by atoms with Crippen LogP contribution in [0.1, 0.15) is 5.56 Å². The predicted octanol–water partition coefficient (Wildman–Crippen LogP) is 1.91. The molecule has 1 fully saturated rings. The van der Waals surface area contributed by atoms with Crippen molar-refractivity contribution in [1.82, 2.24) is 10.2 Å². The van der Waals surface area contributed by atoms with E-state index in [0.717, 1.165) is 43.7 Å². The number of hydrogen-bond acceptors (Lipinski definition) is 3. The fourth-order valence-corrected chi connectivity index (χ4v) is 2.66. The molecule has 1 aromatic carbocycles. The van der Waals surface area contributed by atoms with Gasteiger partial charge >= 0.3 is 0 Å². The lowest BCUT2D eigenvalue weighted by Crippen LogP contribution is -2.47. The Morgan fingerprint density at radius 1 is 1.50 bits per heavy atom. The van der Waals surface area contributed by atoms with Gasteiger partial charge in [0.25, 0.3) is 0 Å². The maximum absolute atomic E-state index is 5.47. The summed E-state index contributed by atoms with van der Waals surface area (Å²) in [5.41, 5.74) is 1.38. The maximum Gasteiger partial charge on any atom is 0.0632 e. The van der Waals surface area contributed by atoms with Crippen LogP contribution in [0.5, 0.6) is 0 Å². The Bertz CT molecular complexity index is 367. The number of ether oxygens (including phenoxy) is 1. The molecule has 0 saturated carbocycles. The summed E-state index contributed by atoms with van der Waals surface area (Å²) in [6.07, 6.45) is 1.09. The monoisotopic (exact) mass is 312 g/mol. The molecule has 0 amide bonds. The molecule has 0 spiro atoms. The fourth-order valence-electron chi connectivity index (χ4n) is 2.22. The van der Waals surface area contributed by atoms with Crippen LogP contribution >= 0.6 is 15.9 Å². The van der Waals surface area contributed by atoms with Gasteiger partial charge in [-0.25, -0.2) is 0 Å². The Labute approximate surface area is 118 Å². The second kappa shape index (κ2) is 7.24. The zero-order chi connectivity index (χ0) is 12.8. The molecule has 1 unspecified atom stereocenters. The van der Waals surface area contributed by atoms with Crippen LogP contribution in [-0.2, 0) is 11.2 Å². The second-order valence-corrected chi connectivity index (χ2v) is 5.78. The standard InChI is InChI=1S/C14H21BrN2O/c1-17(10-14-11-18-8-6-16-14)7-5-12-3-2-4-13(15)9-12/h2-4,9,14,16H,5-8,10-11H2,1H3. The topological polar surface area (TPSA) is 24.5 Å². The highest BCUT2D eigenvalue weighted by atomic mass is 79.9. The van der Waals surface area contributed by atoms with E-state index in [9.17, 15) is 0 Å². The van der Waals surface area contributed by atoms with E-state index in [1.807, 2.05) is 0 Å². The van der Waals surface area contributed by atoms with Gasteiger partial charge in [-0.05, 0) is 31.2 Å². The quantitative estimate of drug-likeness (QED) is 0.899. The Hall–Kier alpha value is -0.420. The smallest absolute Gasteiger partial charge is 0.0632 e. The summed E-state index contributed by atoms with van der Waals surface area (Å²) in [5, 5.41) is 3.48. The Morgan fingerprint density at radius 2 is 2.39 bits per heavy atom.